The number of pyridine rings is 2. The highest BCUT2D eigenvalue weighted by molar-refractivity contribution is 5.94. The molecule has 1 fully saturated rings. The lowest BCUT2D eigenvalue weighted by atomic mass is 9.76. The Morgan fingerprint density at radius 2 is 1.91 bits per heavy atom. The van der Waals surface area contributed by atoms with Gasteiger partial charge in [0.15, 0.2) is 0 Å². The van der Waals surface area contributed by atoms with Gasteiger partial charge < -0.3 is 15.0 Å². The third-order valence-electron chi connectivity index (χ3n) is 9.79. The van der Waals surface area contributed by atoms with E-state index in [0.717, 1.165) is 34.7 Å². The van der Waals surface area contributed by atoms with Crippen LogP contribution >= 0.6 is 0 Å². The van der Waals surface area contributed by atoms with Gasteiger partial charge in [-0.25, -0.2) is 4.98 Å². The second-order valence-corrected chi connectivity index (χ2v) is 12.5. The molecule has 43 heavy (non-hydrogen) atoms. The third kappa shape index (κ3) is 7.08. The van der Waals surface area contributed by atoms with Crippen LogP contribution in [0.25, 0.3) is 16.3 Å². The Hall–Kier alpha value is -3.76. The highest BCUT2D eigenvalue weighted by Gasteiger charge is 2.28. The first-order valence-electron chi connectivity index (χ1n) is 15.9. The predicted octanol–water partition coefficient (Wildman–Crippen LogP) is 8.44. The van der Waals surface area contributed by atoms with Crippen molar-refractivity contribution < 1.29 is 4.74 Å². The van der Waals surface area contributed by atoms with Gasteiger partial charge in [0, 0.05) is 37.8 Å². The summed E-state index contributed by atoms with van der Waals surface area (Å²) in [5.41, 5.74) is 5.30. The maximum absolute atomic E-state index is 13.0. The zero-order chi connectivity index (χ0) is 30.3. The van der Waals surface area contributed by atoms with Gasteiger partial charge in [-0.1, -0.05) is 39.2 Å². The second kappa shape index (κ2) is 14.1. The lowest BCUT2D eigenvalue weighted by Crippen LogP contribution is -2.27. The number of ether oxygens (including phenoxy) is 1. The Kier molecular flexibility index (Phi) is 10.1. The van der Waals surface area contributed by atoms with Crippen LogP contribution in [0.2, 0.25) is 0 Å². The molecule has 0 saturated heterocycles. The average molecular weight is 580 g/mol. The number of nitrogens with zero attached hydrogens (tertiary/aromatic N) is 3. The van der Waals surface area contributed by atoms with Crippen molar-refractivity contribution in [1.82, 2.24) is 9.97 Å². The van der Waals surface area contributed by atoms with Gasteiger partial charge >= 0.3 is 0 Å². The summed E-state index contributed by atoms with van der Waals surface area (Å²) in [6.07, 6.45) is 15.9. The monoisotopic (exact) mass is 579 g/mol. The normalized spacial score (nSPS) is 23.9. The number of allylic oxidation sites excluding steroid dienone is 1. The predicted molar refractivity (Wildman–Crippen MR) is 176 cm³/mol. The standard InChI is InChI=1S/C36H45N5O2/c1-23-19-29(14-15-30(23)27-12-10-26(11-13-27)9-7-5-6-8-17-37)40-35-34-28(16-18-39-36(34)42)20-32(41-35)31-21-38-22-33(43-4)25(3)24(31)2/h14-16,18-22,24-27,33H,5-13H2,1-4H3,(H,39,42)(H,40,41). The van der Waals surface area contributed by atoms with Crippen LogP contribution < -0.4 is 10.9 Å². The molecular weight excluding hydrogens is 534 g/mol. The SMILES string of the molecule is COC1C=NC=C(c2cc3cc[nH]c(=O)c3c(Nc3ccc(C4CCC(CCCCCC#N)CC4)c(C)c3)n2)C(C)C1C. The Morgan fingerprint density at radius 1 is 1.09 bits per heavy atom. The molecule has 1 aliphatic heterocycles. The molecule has 2 aromatic heterocycles. The minimum absolute atomic E-state index is 0.0682. The molecule has 2 N–H and O–H groups in total. The molecule has 3 aromatic rings. The highest BCUT2D eigenvalue weighted by Crippen LogP contribution is 2.40. The molecule has 1 aliphatic carbocycles. The van der Waals surface area contributed by atoms with Crippen molar-refractivity contribution in [2.75, 3.05) is 12.4 Å². The molecule has 0 bridgehead atoms. The Bertz CT molecular complexity index is 1570. The quantitative estimate of drug-likeness (QED) is 0.235. The Morgan fingerprint density at radius 3 is 2.65 bits per heavy atom. The smallest absolute Gasteiger partial charge is 0.259 e. The van der Waals surface area contributed by atoms with Crippen LogP contribution in [0.4, 0.5) is 11.5 Å². The number of fused-ring (bicyclic) bond motifs is 1. The number of nitrogens with one attached hydrogen (secondary N) is 2. The second-order valence-electron chi connectivity index (χ2n) is 12.5. The van der Waals surface area contributed by atoms with Crippen LogP contribution in [0.1, 0.15) is 94.4 Å². The summed E-state index contributed by atoms with van der Waals surface area (Å²) in [6.45, 7) is 6.55. The number of hydrogen-bond donors (Lipinski definition) is 2. The van der Waals surface area contributed by atoms with E-state index in [0.29, 0.717) is 23.5 Å². The van der Waals surface area contributed by atoms with E-state index in [-0.39, 0.29) is 23.5 Å². The van der Waals surface area contributed by atoms with Crippen LogP contribution in [-0.4, -0.2) is 29.4 Å². The molecule has 2 aliphatic rings. The number of benzene rings is 1. The van der Waals surface area contributed by atoms with Crippen LogP contribution in [0.5, 0.6) is 0 Å². The number of anilines is 2. The molecule has 7 heteroatoms. The van der Waals surface area contributed by atoms with Gasteiger partial charge in [-0.15, -0.1) is 0 Å². The van der Waals surface area contributed by atoms with E-state index in [9.17, 15) is 4.79 Å². The van der Waals surface area contributed by atoms with Crippen molar-refractivity contribution in [1.29, 1.82) is 5.26 Å². The van der Waals surface area contributed by atoms with Crippen molar-refractivity contribution in [3.05, 3.63) is 69.9 Å². The van der Waals surface area contributed by atoms with E-state index in [2.05, 4.69) is 60.3 Å². The number of methoxy groups -OCH3 is 1. The fourth-order valence-corrected chi connectivity index (χ4v) is 6.98. The minimum atomic E-state index is -0.164. The molecular formula is C36H45N5O2. The lowest BCUT2D eigenvalue weighted by Gasteiger charge is -2.30. The molecule has 3 heterocycles. The number of aryl methyl sites for hydroxylation is 1. The van der Waals surface area contributed by atoms with Crippen LogP contribution in [-0.2, 0) is 4.74 Å². The van der Waals surface area contributed by atoms with Gasteiger partial charge in [0.1, 0.15) is 5.82 Å². The molecule has 0 amide bonds. The van der Waals surface area contributed by atoms with Crippen LogP contribution in [0.3, 0.4) is 0 Å². The number of aromatic nitrogens is 2. The summed E-state index contributed by atoms with van der Waals surface area (Å²) in [5, 5.41) is 13.6. The van der Waals surface area contributed by atoms with Gasteiger partial charge in [-0.05, 0) is 109 Å². The summed E-state index contributed by atoms with van der Waals surface area (Å²) in [5.74, 6) is 2.34. The number of nitriles is 1. The largest absolute Gasteiger partial charge is 0.375 e. The summed E-state index contributed by atoms with van der Waals surface area (Å²) in [6, 6.07) is 12.8. The maximum atomic E-state index is 13.0. The van der Waals surface area contributed by atoms with Crippen molar-refractivity contribution >= 4 is 34.1 Å². The van der Waals surface area contributed by atoms with Crippen molar-refractivity contribution in [2.45, 2.75) is 90.6 Å². The van der Waals surface area contributed by atoms with Crippen LogP contribution in [0, 0.1) is 36.0 Å². The van der Waals surface area contributed by atoms with Crippen LogP contribution in [0.15, 0.2) is 52.5 Å². The molecule has 5 rings (SSSR count). The van der Waals surface area contributed by atoms with E-state index >= 15 is 0 Å². The maximum Gasteiger partial charge on any atom is 0.259 e. The zero-order valence-corrected chi connectivity index (χ0v) is 26.0. The molecule has 0 radical (unpaired) electrons. The number of unbranched alkanes of at least 4 members (excludes halogenated alkanes) is 3. The zero-order valence-electron chi connectivity index (χ0n) is 26.0. The molecule has 1 saturated carbocycles. The molecule has 226 valence electrons. The first-order chi connectivity index (χ1) is 20.9. The molecule has 0 spiro atoms. The van der Waals surface area contributed by atoms with Crippen molar-refractivity contribution in [2.24, 2.45) is 22.7 Å². The van der Waals surface area contributed by atoms with Gasteiger partial charge in [-0.3, -0.25) is 9.79 Å². The first kappa shape index (κ1) is 30.7. The number of H-pyrrole nitrogens is 1. The number of aromatic amines is 1. The van der Waals surface area contributed by atoms with Crippen molar-refractivity contribution in [3.8, 4) is 6.07 Å². The number of rotatable bonds is 10. The molecule has 1 aromatic carbocycles. The fraction of sp³-hybridized carbons (Fsp3) is 0.500. The fourth-order valence-electron chi connectivity index (χ4n) is 6.98. The van der Waals surface area contributed by atoms with E-state index < -0.39 is 0 Å². The Balaban J connectivity index is 1.34. The van der Waals surface area contributed by atoms with E-state index in [4.69, 9.17) is 15.0 Å². The van der Waals surface area contributed by atoms with Gasteiger partial charge in [0.2, 0.25) is 0 Å². The molecule has 7 nitrogen and oxygen atoms in total. The molecule has 3 unspecified atom stereocenters. The van der Waals surface area contributed by atoms with Crippen molar-refractivity contribution in [3.63, 3.8) is 0 Å². The average Bonchev–Trinajstić information content (AvgIpc) is 3.15. The molecule has 3 atom stereocenters. The summed E-state index contributed by atoms with van der Waals surface area (Å²) >= 11 is 0. The minimum Gasteiger partial charge on any atom is -0.375 e. The topological polar surface area (TPSA) is 103 Å². The summed E-state index contributed by atoms with van der Waals surface area (Å²) in [7, 11) is 1.72. The van der Waals surface area contributed by atoms with E-state index in [1.165, 1.54) is 56.1 Å². The van der Waals surface area contributed by atoms with Gasteiger partial charge in [0.05, 0.1) is 23.3 Å². The van der Waals surface area contributed by atoms with E-state index in [1.54, 1.807) is 13.3 Å². The van der Waals surface area contributed by atoms with Gasteiger partial charge in [-0.2, -0.15) is 5.26 Å². The Labute approximate surface area is 255 Å². The van der Waals surface area contributed by atoms with Gasteiger partial charge in [0.25, 0.3) is 5.56 Å². The third-order valence-corrected chi connectivity index (χ3v) is 9.79. The summed E-state index contributed by atoms with van der Waals surface area (Å²) in [4.78, 5) is 25.4. The van der Waals surface area contributed by atoms with E-state index in [1.807, 2.05) is 24.5 Å². The lowest BCUT2D eigenvalue weighted by molar-refractivity contribution is 0.103. The number of aliphatic imine (C=N–C) groups is 1. The summed E-state index contributed by atoms with van der Waals surface area (Å²) < 4.78 is 5.65. The number of hydrogen-bond acceptors (Lipinski definition) is 6. The first-order valence-corrected chi connectivity index (χ1v) is 15.9. The highest BCUT2D eigenvalue weighted by atomic mass is 16.5.